The first kappa shape index (κ1) is 15.0. The second-order valence-corrected chi connectivity index (χ2v) is 4.23. The highest BCUT2D eigenvalue weighted by atomic mass is 16.5. The molecule has 3 nitrogen and oxygen atoms in total. The summed E-state index contributed by atoms with van der Waals surface area (Å²) in [5.74, 6) is 0.907. The molecule has 102 valence electrons. The molecular weight excluding hydrogens is 226 g/mol. The minimum absolute atomic E-state index is 0.623. The first-order valence-electron chi connectivity index (χ1n) is 6.90. The van der Waals surface area contributed by atoms with E-state index in [4.69, 9.17) is 9.47 Å². The van der Waals surface area contributed by atoms with Crippen molar-refractivity contribution in [2.24, 2.45) is 0 Å². The molecule has 0 amide bonds. The zero-order chi connectivity index (χ0) is 12.9. The van der Waals surface area contributed by atoms with E-state index in [0.29, 0.717) is 13.2 Å². The second kappa shape index (κ2) is 11.1. The van der Waals surface area contributed by atoms with Gasteiger partial charge < -0.3 is 14.8 Å². The highest BCUT2D eigenvalue weighted by Gasteiger charge is 1.93. The molecule has 0 saturated heterocycles. The molecule has 0 atom stereocenters. The Bertz CT molecular complexity index is 277. The molecule has 0 fully saturated rings. The number of hydrogen-bond donors (Lipinski definition) is 1. The predicted octanol–water partition coefficient (Wildman–Crippen LogP) is 2.86. The standard InChI is InChI=1S/C15H25NO2/c1-2-10-16-11-6-7-12-17-13-14-18-15-8-4-3-5-9-15/h3-5,8-9,16H,2,6-7,10-14H2,1H3. The topological polar surface area (TPSA) is 30.5 Å². The Labute approximate surface area is 110 Å². The molecule has 1 N–H and O–H groups in total. The van der Waals surface area contributed by atoms with Crippen molar-refractivity contribution in [3.63, 3.8) is 0 Å². The Hall–Kier alpha value is -1.06. The van der Waals surface area contributed by atoms with Crippen molar-refractivity contribution in [2.45, 2.75) is 26.2 Å². The summed E-state index contributed by atoms with van der Waals surface area (Å²) in [7, 11) is 0. The van der Waals surface area contributed by atoms with Crippen molar-refractivity contribution in [2.75, 3.05) is 32.9 Å². The van der Waals surface area contributed by atoms with Crippen LogP contribution in [0, 0.1) is 0 Å². The van der Waals surface area contributed by atoms with Crippen LogP contribution in [0.5, 0.6) is 5.75 Å². The van der Waals surface area contributed by atoms with Crippen molar-refractivity contribution in [1.82, 2.24) is 5.32 Å². The van der Waals surface area contributed by atoms with E-state index in [9.17, 15) is 0 Å². The van der Waals surface area contributed by atoms with E-state index in [0.717, 1.165) is 31.9 Å². The summed E-state index contributed by atoms with van der Waals surface area (Å²) in [4.78, 5) is 0. The van der Waals surface area contributed by atoms with E-state index in [1.807, 2.05) is 30.3 Å². The first-order valence-corrected chi connectivity index (χ1v) is 6.90. The van der Waals surface area contributed by atoms with Crippen LogP contribution >= 0.6 is 0 Å². The molecule has 1 aromatic rings. The number of unbranched alkanes of at least 4 members (excludes halogenated alkanes) is 1. The van der Waals surface area contributed by atoms with E-state index in [1.165, 1.54) is 12.8 Å². The molecule has 0 aromatic heterocycles. The fourth-order valence-corrected chi connectivity index (χ4v) is 1.59. The molecular formula is C15H25NO2. The molecule has 0 bridgehead atoms. The van der Waals surface area contributed by atoms with Gasteiger partial charge in [-0.15, -0.1) is 0 Å². The Morgan fingerprint density at radius 2 is 1.78 bits per heavy atom. The Morgan fingerprint density at radius 1 is 0.944 bits per heavy atom. The van der Waals surface area contributed by atoms with Gasteiger partial charge in [-0.25, -0.2) is 0 Å². The summed E-state index contributed by atoms with van der Waals surface area (Å²) in [5, 5.41) is 3.38. The zero-order valence-corrected chi connectivity index (χ0v) is 11.4. The fraction of sp³-hybridized carbons (Fsp3) is 0.600. The third-order valence-corrected chi connectivity index (χ3v) is 2.56. The van der Waals surface area contributed by atoms with Gasteiger partial charge in [0.2, 0.25) is 0 Å². The van der Waals surface area contributed by atoms with Crippen molar-refractivity contribution in [3.8, 4) is 5.75 Å². The van der Waals surface area contributed by atoms with Crippen LogP contribution in [0.4, 0.5) is 0 Å². The quantitative estimate of drug-likeness (QED) is 0.613. The molecule has 3 heteroatoms. The lowest BCUT2D eigenvalue weighted by molar-refractivity contribution is 0.0974. The summed E-state index contributed by atoms with van der Waals surface area (Å²) in [6.07, 6.45) is 3.49. The van der Waals surface area contributed by atoms with Crippen LogP contribution in [0.3, 0.4) is 0 Å². The lowest BCUT2D eigenvalue weighted by Gasteiger charge is -2.07. The lowest BCUT2D eigenvalue weighted by atomic mass is 10.3. The van der Waals surface area contributed by atoms with Crippen LogP contribution in [0.2, 0.25) is 0 Å². The number of nitrogens with one attached hydrogen (secondary N) is 1. The van der Waals surface area contributed by atoms with Gasteiger partial charge >= 0.3 is 0 Å². The van der Waals surface area contributed by atoms with Gasteiger partial charge in [0, 0.05) is 6.61 Å². The number of ether oxygens (including phenoxy) is 2. The maximum Gasteiger partial charge on any atom is 0.119 e. The van der Waals surface area contributed by atoms with Crippen LogP contribution in [0.25, 0.3) is 0 Å². The maximum absolute atomic E-state index is 5.53. The normalized spacial score (nSPS) is 10.5. The average molecular weight is 251 g/mol. The first-order chi connectivity index (χ1) is 8.93. The summed E-state index contributed by atoms with van der Waals surface area (Å²) in [6, 6.07) is 9.84. The monoisotopic (exact) mass is 251 g/mol. The van der Waals surface area contributed by atoms with Crippen LogP contribution in [-0.2, 0) is 4.74 Å². The van der Waals surface area contributed by atoms with E-state index in [-0.39, 0.29) is 0 Å². The number of hydrogen-bond acceptors (Lipinski definition) is 3. The van der Waals surface area contributed by atoms with E-state index in [1.54, 1.807) is 0 Å². The minimum atomic E-state index is 0.623. The number of benzene rings is 1. The highest BCUT2D eigenvalue weighted by Crippen LogP contribution is 2.07. The molecule has 0 spiro atoms. The molecule has 1 rings (SSSR count). The van der Waals surface area contributed by atoms with Gasteiger partial charge in [0.25, 0.3) is 0 Å². The molecule has 0 radical (unpaired) electrons. The van der Waals surface area contributed by atoms with Gasteiger partial charge in [0.05, 0.1) is 6.61 Å². The van der Waals surface area contributed by atoms with Crippen LogP contribution < -0.4 is 10.1 Å². The Kier molecular flexibility index (Phi) is 9.21. The minimum Gasteiger partial charge on any atom is -0.491 e. The molecule has 0 unspecified atom stereocenters. The average Bonchev–Trinajstić information content (AvgIpc) is 2.42. The Morgan fingerprint density at radius 3 is 2.56 bits per heavy atom. The highest BCUT2D eigenvalue weighted by molar-refractivity contribution is 5.20. The predicted molar refractivity (Wildman–Crippen MR) is 75.2 cm³/mol. The maximum atomic E-state index is 5.53. The summed E-state index contributed by atoms with van der Waals surface area (Å²) in [5.41, 5.74) is 0. The smallest absolute Gasteiger partial charge is 0.119 e. The molecule has 0 aliphatic heterocycles. The summed E-state index contributed by atoms with van der Waals surface area (Å²) in [6.45, 7) is 6.51. The molecule has 0 aliphatic carbocycles. The van der Waals surface area contributed by atoms with Crippen LogP contribution in [0.15, 0.2) is 30.3 Å². The Balaban J connectivity index is 1.82. The third-order valence-electron chi connectivity index (χ3n) is 2.56. The van der Waals surface area contributed by atoms with Crippen molar-refractivity contribution in [1.29, 1.82) is 0 Å². The van der Waals surface area contributed by atoms with Gasteiger partial charge in [0.15, 0.2) is 0 Å². The SMILES string of the molecule is CCCNCCCCOCCOc1ccccc1. The van der Waals surface area contributed by atoms with Crippen LogP contribution in [0.1, 0.15) is 26.2 Å². The molecule has 0 saturated carbocycles. The largest absolute Gasteiger partial charge is 0.491 e. The third kappa shape index (κ3) is 8.09. The van der Waals surface area contributed by atoms with Gasteiger partial charge in [-0.2, -0.15) is 0 Å². The zero-order valence-electron chi connectivity index (χ0n) is 11.4. The van der Waals surface area contributed by atoms with Gasteiger partial charge in [-0.3, -0.25) is 0 Å². The van der Waals surface area contributed by atoms with E-state index < -0.39 is 0 Å². The molecule has 18 heavy (non-hydrogen) atoms. The van der Waals surface area contributed by atoms with E-state index in [2.05, 4.69) is 12.2 Å². The van der Waals surface area contributed by atoms with Gasteiger partial charge in [0.1, 0.15) is 12.4 Å². The van der Waals surface area contributed by atoms with E-state index >= 15 is 0 Å². The number of para-hydroxylation sites is 1. The van der Waals surface area contributed by atoms with Crippen molar-refractivity contribution in [3.05, 3.63) is 30.3 Å². The number of rotatable bonds is 11. The lowest BCUT2D eigenvalue weighted by Crippen LogP contribution is -2.16. The van der Waals surface area contributed by atoms with Crippen molar-refractivity contribution >= 4 is 0 Å². The summed E-state index contributed by atoms with van der Waals surface area (Å²) >= 11 is 0. The molecule has 0 aliphatic rings. The van der Waals surface area contributed by atoms with Crippen molar-refractivity contribution < 1.29 is 9.47 Å². The van der Waals surface area contributed by atoms with Crippen LogP contribution in [-0.4, -0.2) is 32.9 Å². The summed E-state index contributed by atoms with van der Waals surface area (Å²) < 4.78 is 11.0. The van der Waals surface area contributed by atoms with Gasteiger partial charge in [-0.05, 0) is 44.5 Å². The second-order valence-electron chi connectivity index (χ2n) is 4.23. The fourth-order valence-electron chi connectivity index (χ4n) is 1.59. The van der Waals surface area contributed by atoms with Gasteiger partial charge in [-0.1, -0.05) is 25.1 Å². The molecule has 0 heterocycles. The molecule has 1 aromatic carbocycles.